The van der Waals surface area contributed by atoms with Crippen LogP contribution in [0.1, 0.15) is 109 Å². The van der Waals surface area contributed by atoms with E-state index < -0.39 is 93.4 Å². The van der Waals surface area contributed by atoms with E-state index in [1.807, 2.05) is 13.0 Å². The van der Waals surface area contributed by atoms with Crippen molar-refractivity contribution in [3.05, 3.63) is 41.5 Å². The smallest absolute Gasteiger partial charge is 0.240 e. The normalized spacial score (nSPS) is 48.8. The zero-order valence-electron chi connectivity index (χ0n) is 37.7. The summed E-state index contributed by atoms with van der Waals surface area (Å²) < 4.78 is 18.1. The van der Waals surface area contributed by atoms with Crippen LogP contribution in [0.25, 0.3) is 0 Å². The van der Waals surface area contributed by atoms with E-state index in [9.17, 15) is 40.5 Å². The van der Waals surface area contributed by atoms with E-state index in [1.165, 1.54) is 6.92 Å². The number of ether oxygens (including phenoxy) is 3. The molecule has 14 heteroatoms. The van der Waals surface area contributed by atoms with Gasteiger partial charge in [-0.3, -0.25) is 14.9 Å². The minimum atomic E-state index is -3.03. The van der Waals surface area contributed by atoms with E-state index in [0.717, 1.165) is 12.0 Å². The second kappa shape index (κ2) is 15.3. The van der Waals surface area contributed by atoms with Crippen LogP contribution in [0.2, 0.25) is 0 Å². The zero-order chi connectivity index (χ0) is 45.4. The van der Waals surface area contributed by atoms with Gasteiger partial charge in [0.05, 0.1) is 29.2 Å². The Morgan fingerprint density at radius 3 is 2.53 bits per heavy atom. The summed E-state index contributed by atoms with van der Waals surface area (Å²) >= 11 is 0. The first kappa shape index (κ1) is 44.9. The number of aliphatic hydroxyl groups excluding tert-OH is 2. The van der Waals surface area contributed by atoms with E-state index in [2.05, 4.69) is 24.1 Å². The van der Waals surface area contributed by atoms with Crippen LogP contribution >= 0.6 is 0 Å². The van der Waals surface area contributed by atoms with E-state index in [0.29, 0.717) is 83.1 Å². The molecule has 17 atom stereocenters. The molecule has 1 aromatic carbocycles. The zero-order valence-corrected chi connectivity index (χ0v) is 37.7. The number of carbonyl (C=O) groups is 2. The molecule has 0 aromatic heterocycles. The number of benzene rings is 1. The molecule has 5 aliphatic heterocycles. The number of methoxy groups -OCH3 is 1. The largest absolute Gasteiger partial charge is 0.508 e. The SMILES string of the molecule is COCCCO[C@H]1CC[C@@]2(C)[C@@H](C1)C(=O)C=C1[C@]3(O)CC[C@@H]4[C@](C)(O)C(O)(O)[C@H]5O[C@H]6[C@@H]([C@H]5CO)[C@@]5(CC[C@@H](c7cccc(O)c7)C5)[C@@H](N[C@@H]6O)C(=O)N5C[C@@H]5CC#C[C@]12CC[C@]43C. The summed E-state index contributed by atoms with van der Waals surface area (Å²) in [7, 11) is 1.66. The number of fused-ring (bicyclic) bond motifs is 4. The Morgan fingerprint density at radius 1 is 0.984 bits per heavy atom. The van der Waals surface area contributed by atoms with Crippen LogP contribution in [0.3, 0.4) is 0 Å². The Bertz CT molecular complexity index is 2150. The molecule has 1 aromatic rings. The van der Waals surface area contributed by atoms with Crippen LogP contribution in [0.15, 0.2) is 35.9 Å². The molecule has 8 N–H and O–H groups in total. The van der Waals surface area contributed by atoms with Crippen LogP contribution in [0, 0.1) is 57.2 Å². The average Bonchev–Trinajstić information content (AvgIpc) is 3.55. The van der Waals surface area contributed by atoms with Crippen molar-refractivity contribution in [3.8, 4) is 17.6 Å². The summed E-state index contributed by atoms with van der Waals surface area (Å²) in [6.45, 7) is 6.36. The van der Waals surface area contributed by atoms with Gasteiger partial charge in [-0.2, -0.15) is 0 Å². The standard InChI is InChI=1S/C50H68N2O12/c1-44-15-12-32(63-21-7-20-62-4)23-34(44)35(55)24-37-48(44)14-6-9-30-26-52(30)43(57)40-47(16-11-29(25-47)28-8-5-10-31(54)22-28)38-33(27-53)41(64-39(38)42(56)51-40)50(60,61)46(3,58)36-13-17-49(37,59)45(36,2)18-19-48/h5,8,10,22,24,29-30,32-34,36,38-42,51,53-54,56,58-61H,7,9,11-13,15-21,23,25-27H2,1-4H3/t29-,30+,32+,33-,34+,36+,38-,39+,40+,41+,42-,44+,45-,46+,47+,48+,49-,52?/m1/s1. The molecular weight excluding hydrogens is 821 g/mol. The number of aliphatic hydroxyl groups is 6. The molecule has 1 amide bonds. The Morgan fingerprint density at radius 2 is 1.78 bits per heavy atom. The fraction of sp³-hybridized carbons (Fsp3) is 0.760. The number of phenolic OH excluding ortho intramolecular Hbond substituents is 1. The molecule has 5 heterocycles. The highest BCUT2D eigenvalue weighted by Gasteiger charge is 2.77. The first-order chi connectivity index (χ1) is 30.3. The third kappa shape index (κ3) is 6.07. The summed E-state index contributed by atoms with van der Waals surface area (Å²) in [5.74, 6) is 0.845. The molecule has 350 valence electrons. The van der Waals surface area contributed by atoms with Crippen molar-refractivity contribution >= 4 is 11.7 Å². The molecule has 0 radical (unpaired) electrons. The number of carbonyl (C=O) groups excluding carboxylic acids is 2. The first-order valence-electron chi connectivity index (χ1n) is 23.9. The number of ketones is 1. The first-order valence-corrected chi connectivity index (χ1v) is 23.9. The Labute approximate surface area is 375 Å². The number of hydrogen-bond acceptors (Lipinski definition) is 13. The predicted octanol–water partition coefficient (Wildman–Crippen LogP) is 2.64. The predicted molar refractivity (Wildman–Crippen MR) is 231 cm³/mol. The maximum absolute atomic E-state index is 15.0. The van der Waals surface area contributed by atoms with Crippen LogP contribution in [-0.4, -0.2) is 139 Å². The van der Waals surface area contributed by atoms with Crippen LogP contribution < -0.4 is 5.32 Å². The maximum atomic E-state index is 15.0. The highest BCUT2D eigenvalue weighted by molar-refractivity contribution is 5.96. The molecule has 14 nitrogen and oxygen atoms in total. The summed E-state index contributed by atoms with van der Waals surface area (Å²) in [5.41, 5.74) is -6.29. The molecule has 2 spiro atoms. The van der Waals surface area contributed by atoms with Gasteiger partial charge in [0.15, 0.2) is 5.78 Å². The Balaban J connectivity index is 1.09. The van der Waals surface area contributed by atoms with Crippen LogP contribution in [0.4, 0.5) is 0 Å². The van der Waals surface area contributed by atoms with Gasteiger partial charge in [-0.05, 0) is 118 Å². The van der Waals surface area contributed by atoms with Crippen LogP contribution in [-0.2, 0) is 23.8 Å². The fourth-order valence-corrected chi connectivity index (χ4v) is 15.8. The molecule has 0 unspecified atom stereocenters. The van der Waals surface area contributed by atoms with Crippen LogP contribution in [0.5, 0.6) is 5.75 Å². The molecule has 64 heavy (non-hydrogen) atoms. The number of amides is 1. The lowest BCUT2D eigenvalue weighted by Crippen LogP contribution is -2.70. The highest BCUT2D eigenvalue weighted by atomic mass is 16.6. The number of aromatic hydroxyl groups is 1. The van der Waals surface area contributed by atoms with Gasteiger partial charge in [0, 0.05) is 74.4 Å². The quantitative estimate of drug-likeness (QED) is 0.0857. The minimum Gasteiger partial charge on any atom is -0.508 e. The average molecular weight is 889 g/mol. The minimum absolute atomic E-state index is 0.0855. The molecular formula is C50H68N2O12. The van der Waals surface area contributed by atoms with Crippen molar-refractivity contribution in [3.63, 3.8) is 0 Å². The number of piperidine rings is 1. The lowest BCUT2D eigenvalue weighted by molar-refractivity contribution is -0.345. The molecule has 4 saturated carbocycles. The maximum Gasteiger partial charge on any atom is 0.240 e. The van der Waals surface area contributed by atoms with Gasteiger partial charge < -0.3 is 54.9 Å². The molecule has 7 fully saturated rings. The van der Waals surface area contributed by atoms with Crippen molar-refractivity contribution in [2.24, 2.45) is 45.3 Å². The number of allylic oxidation sites excluding steroid dienone is 1. The second-order valence-corrected chi connectivity index (χ2v) is 22.0. The number of hydrogen-bond donors (Lipinski definition) is 8. The monoisotopic (exact) mass is 888 g/mol. The highest BCUT2D eigenvalue weighted by Crippen LogP contribution is 2.74. The summed E-state index contributed by atoms with van der Waals surface area (Å²) in [6.07, 6.45) is 3.09. The van der Waals surface area contributed by atoms with Crippen molar-refractivity contribution in [1.82, 2.24) is 10.2 Å². The van der Waals surface area contributed by atoms with Gasteiger partial charge in [0.25, 0.3) is 0 Å². The third-order valence-corrected chi connectivity index (χ3v) is 19.4. The third-order valence-electron chi connectivity index (χ3n) is 19.4. The van der Waals surface area contributed by atoms with Crippen molar-refractivity contribution in [2.45, 2.75) is 157 Å². The van der Waals surface area contributed by atoms with Gasteiger partial charge in [0.2, 0.25) is 11.7 Å². The van der Waals surface area contributed by atoms with E-state index in [1.54, 1.807) is 36.3 Å². The molecule has 11 rings (SSSR count). The van der Waals surface area contributed by atoms with Gasteiger partial charge >= 0.3 is 0 Å². The Kier molecular flexibility index (Phi) is 10.7. The van der Waals surface area contributed by atoms with Gasteiger partial charge in [-0.15, -0.1) is 5.92 Å². The number of nitrogens with one attached hydrogen (secondary N) is 1. The number of phenols is 1. The van der Waals surface area contributed by atoms with Crippen molar-refractivity contribution in [2.75, 3.05) is 33.5 Å². The fourth-order valence-electron chi connectivity index (χ4n) is 15.8. The van der Waals surface area contributed by atoms with E-state index in [4.69, 9.17) is 14.2 Å². The van der Waals surface area contributed by atoms with Crippen molar-refractivity contribution in [1.29, 1.82) is 0 Å². The van der Waals surface area contributed by atoms with E-state index >= 15 is 4.79 Å². The van der Waals surface area contributed by atoms with Gasteiger partial charge in [-0.1, -0.05) is 31.9 Å². The number of rotatable bonds is 7. The van der Waals surface area contributed by atoms with Crippen molar-refractivity contribution < 1.29 is 59.5 Å². The molecule has 3 saturated heterocycles. The van der Waals surface area contributed by atoms with Gasteiger partial charge in [0.1, 0.15) is 29.8 Å². The summed E-state index contributed by atoms with van der Waals surface area (Å²) in [4.78, 5) is 31.4. The topological polar surface area (TPSA) is 218 Å². The second-order valence-electron chi connectivity index (χ2n) is 22.0. The molecule has 5 aliphatic carbocycles. The van der Waals surface area contributed by atoms with E-state index in [-0.39, 0.29) is 48.3 Å². The molecule has 10 aliphatic rings. The number of nitrogens with zero attached hydrogens (tertiary/aromatic N) is 1. The van der Waals surface area contributed by atoms with Gasteiger partial charge in [-0.25, -0.2) is 0 Å². The molecule has 7 bridgehead atoms. The lowest BCUT2D eigenvalue weighted by Gasteiger charge is -2.64. The summed E-state index contributed by atoms with van der Waals surface area (Å²) in [6, 6.07) is 5.92. The Hall–Kier alpha value is -2.94. The summed E-state index contributed by atoms with van der Waals surface area (Å²) in [5, 5.41) is 88.7. The lowest BCUT2D eigenvalue weighted by atomic mass is 9.39.